The van der Waals surface area contributed by atoms with Gasteiger partial charge in [0.05, 0.1) is 11.4 Å². The molecule has 1 unspecified atom stereocenters. The van der Waals surface area contributed by atoms with E-state index in [2.05, 4.69) is 28.2 Å². The maximum atomic E-state index is 12.8. The average molecular weight is 323 g/mol. The van der Waals surface area contributed by atoms with Crippen molar-refractivity contribution in [3.8, 4) is 0 Å². The van der Waals surface area contributed by atoms with E-state index in [1.807, 2.05) is 18.2 Å². The number of halogens is 2. The van der Waals surface area contributed by atoms with Crippen molar-refractivity contribution in [3.05, 3.63) is 58.3 Å². The predicted molar refractivity (Wildman–Crippen MR) is 81.7 cm³/mol. The molecule has 0 amide bonds. The van der Waals surface area contributed by atoms with Crippen molar-refractivity contribution in [3.63, 3.8) is 0 Å². The SMILES string of the molecule is CC(Cc1ccc(F)cc1)Nc1cc(Br)ccc1N. The largest absolute Gasteiger partial charge is 0.397 e. The van der Waals surface area contributed by atoms with Gasteiger partial charge in [-0.05, 0) is 49.2 Å². The molecular formula is C15H16BrFN2. The molecule has 0 heterocycles. The molecule has 19 heavy (non-hydrogen) atoms. The van der Waals surface area contributed by atoms with Crippen molar-refractivity contribution >= 4 is 27.3 Å². The van der Waals surface area contributed by atoms with E-state index in [-0.39, 0.29) is 11.9 Å². The second kappa shape index (κ2) is 6.06. The Hall–Kier alpha value is -1.55. The first-order valence-corrected chi connectivity index (χ1v) is 6.90. The molecule has 4 heteroatoms. The lowest BCUT2D eigenvalue weighted by atomic mass is 10.1. The highest BCUT2D eigenvalue weighted by molar-refractivity contribution is 9.10. The Bertz CT molecular complexity index is 555. The van der Waals surface area contributed by atoms with Gasteiger partial charge in [0.1, 0.15) is 5.82 Å². The monoisotopic (exact) mass is 322 g/mol. The smallest absolute Gasteiger partial charge is 0.123 e. The van der Waals surface area contributed by atoms with Crippen molar-refractivity contribution in [2.24, 2.45) is 0 Å². The first-order chi connectivity index (χ1) is 9.04. The van der Waals surface area contributed by atoms with E-state index in [4.69, 9.17) is 5.73 Å². The number of hydrogen-bond acceptors (Lipinski definition) is 2. The predicted octanol–water partition coefficient (Wildman–Crippen LogP) is 4.21. The Labute approximate surface area is 121 Å². The van der Waals surface area contributed by atoms with Gasteiger partial charge in [0.15, 0.2) is 0 Å². The molecule has 0 bridgehead atoms. The van der Waals surface area contributed by atoms with Crippen LogP contribution in [-0.2, 0) is 6.42 Å². The van der Waals surface area contributed by atoms with Crippen molar-refractivity contribution in [1.29, 1.82) is 0 Å². The number of nitrogens with two attached hydrogens (primary N) is 1. The minimum Gasteiger partial charge on any atom is -0.397 e. The van der Waals surface area contributed by atoms with Gasteiger partial charge in [0.2, 0.25) is 0 Å². The summed E-state index contributed by atoms with van der Waals surface area (Å²) < 4.78 is 13.8. The lowest BCUT2D eigenvalue weighted by molar-refractivity contribution is 0.626. The molecule has 0 saturated heterocycles. The molecular weight excluding hydrogens is 307 g/mol. The molecule has 0 aliphatic rings. The van der Waals surface area contributed by atoms with Gasteiger partial charge in [-0.3, -0.25) is 0 Å². The fourth-order valence-electron chi connectivity index (χ4n) is 1.94. The average Bonchev–Trinajstić information content (AvgIpc) is 2.37. The molecule has 0 aliphatic heterocycles. The quantitative estimate of drug-likeness (QED) is 0.827. The lowest BCUT2D eigenvalue weighted by Gasteiger charge is -2.17. The van der Waals surface area contributed by atoms with Crippen molar-refractivity contribution in [2.75, 3.05) is 11.1 Å². The summed E-state index contributed by atoms with van der Waals surface area (Å²) >= 11 is 3.42. The van der Waals surface area contributed by atoms with E-state index in [1.165, 1.54) is 12.1 Å². The maximum absolute atomic E-state index is 12.8. The molecule has 2 aromatic carbocycles. The highest BCUT2D eigenvalue weighted by Crippen LogP contribution is 2.24. The van der Waals surface area contributed by atoms with E-state index < -0.39 is 0 Å². The van der Waals surface area contributed by atoms with Crippen LogP contribution in [0.2, 0.25) is 0 Å². The van der Waals surface area contributed by atoms with Crippen molar-refractivity contribution in [2.45, 2.75) is 19.4 Å². The zero-order valence-electron chi connectivity index (χ0n) is 10.7. The van der Waals surface area contributed by atoms with Crippen LogP contribution in [0.5, 0.6) is 0 Å². The number of anilines is 2. The van der Waals surface area contributed by atoms with Gasteiger partial charge in [0, 0.05) is 10.5 Å². The Morgan fingerprint density at radius 3 is 2.58 bits per heavy atom. The fraction of sp³-hybridized carbons (Fsp3) is 0.200. The second-order valence-corrected chi connectivity index (χ2v) is 5.52. The number of nitrogens with one attached hydrogen (secondary N) is 1. The fourth-order valence-corrected chi connectivity index (χ4v) is 2.31. The van der Waals surface area contributed by atoms with Crippen molar-refractivity contribution < 1.29 is 4.39 Å². The molecule has 0 radical (unpaired) electrons. The van der Waals surface area contributed by atoms with E-state index >= 15 is 0 Å². The van der Waals surface area contributed by atoms with E-state index in [1.54, 1.807) is 12.1 Å². The van der Waals surface area contributed by atoms with Gasteiger partial charge >= 0.3 is 0 Å². The first-order valence-electron chi connectivity index (χ1n) is 6.10. The van der Waals surface area contributed by atoms with E-state index in [0.29, 0.717) is 5.69 Å². The van der Waals surface area contributed by atoms with Crippen LogP contribution in [0.4, 0.5) is 15.8 Å². The van der Waals surface area contributed by atoms with Crippen LogP contribution < -0.4 is 11.1 Å². The third-order valence-electron chi connectivity index (χ3n) is 2.87. The van der Waals surface area contributed by atoms with Crippen LogP contribution in [-0.4, -0.2) is 6.04 Å². The van der Waals surface area contributed by atoms with Crippen molar-refractivity contribution in [1.82, 2.24) is 0 Å². The zero-order valence-corrected chi connectivity index (χ0v) is 12.2. The molecule has 0 fully saturated rings. The Morgan fingerprint density at radius 2 is 1.89 bits per heavy atom. The van der Waals surface area contributed by atoms with Crippen LogP contribution >= 0.6 is 15.9 Å². The third-order valence-corrected chi connectivity index (χ3v) is 3.37. The number of hydrogen-bond donors (Lipinski definition) is 2. The Morgan fingerprint density at radius 1 is 1.21 bits per heavy atom. The van der Waals surface area contributed by atoms with Gasteiger partial charge in [0.25, 0.3) is 0 Å². The van der Waals surface area contributed by atoms with Crippen LogP contribution in [0.3, 0.4) is 0 Å². The van der Waals surface area contributed by atoms with Crippen LogP contribution in [0, 0.1) is 5.82 Å². The molecule has 3 N–H and O–H groups in total. The number of nitrogen functional groups attached to an aromatic ring is 1. The van der Waals surface area contributed by atoms with Gasteiger partial charge < -0.3 is 11.1 Å². The summed E-state index contributed by atoms with van der Waals surface area (Å²) in [7, 11) is 0. The Balaban J connectivity index is 2.02. The van der Waals surface area contributed by atoms with Crippen LogP contribution in [0.15, 0.2) is 46.9 Å². The van der Waals surface area contributed by atoms with Crippen LogP contribution in [0.1, 0.15) is 12.5 Å². The molecule has 0 aromatic heterocycles. The summed E-state index contributed by atoms with van der Waals surface area (Å²) in [5.74, 6) is -0.208. The minimum atomic E-state index is -0.208. The summed E-state index contributed by atoms with van der Waals surface area (Å²) in [5, 5.41) is 3.37. The Kier molecular flexibility index (Phi) is 4.43. The second-order valence-electron chi connectivity index (χ2n) is 4.61. The lowest BCUT2D eigenvalue weighted by Crippen LogP contribution is -2.18. The molecule has 2 nitrogen and oxygen atoms in total. The molecule has 0 saturated carbocycles. The molecule has 0 spiro atoms. The molecule has 0 aliphatic carbocycles. The van der Waals surface area contributed by atoms with E-state index in [0.717, 1.165) is 22.1 Å². The zero-order chi connectivity index (χ0) is 13.8. The third kappa shape index (κ3) is 3.96. The van der Waals surface area contributed by atoms with Gasteiger partial charge in [-0.1, -0.05) is 28.1 Å². The molecule has 2 aromatic rings. The first kappa shape index (κ1) is 13.9. The van der Waals surface area contributed by atoms with Gasteiger partial charge in [-0.15, -0.1) is 0 Å². The normalized spacial score (nSPS) is 12.2. The topological polar surface area (TPSA) is 38.0 Å². The summed E-state index contributed by atoms with van der Waals surface area (Å²) in [6.45, 7) is 2.07. The van der Waals surface area contributed by atoms with E-state index in [9.17, 15) is 4.39 Å². The summed E-state index contributed by atoms with van der Waals surface area (Å²) in [6.07, 6.45) is 0.812. The highest BCUT2D eigenvalue weighted by atomic mass is 79.9. The molecule has 1 atom stereocenters. The number of rotatable bonds is 4. The molecule has 2 rings (SSSR count). The standard InChI is InChI=1S/C15H16BrFN2/c1-10(8-11-2-5-13(17)6-3-11)19-15-9-12(16)4-7-14(15)18/h2-7,9-10,19H,8,18H2,1H3. The van der Waals surface area contributed by atoms with Gasteiger partial charge in [-0.25, -0.2) is 4.39 Å². The summed E-state index contributed by atoms with van der Waals surface area (Å²) in [4.78, 5) is 0. The van der Waals surface area contributed by atoms with Crippen LogP contribution in [0.25, 0.3) is 0 Å². The number of benzene rings is 2. The maximum Gasteiger partial charge on any atom is 0.123 e. The summed E-state index contributed by atoms with van der Waals surface area (Å²) in [6, 6.07) is 12.5. The molecule has 100 valence electrons. The summed E-state index contributed by atoms with van der Waals surface area (Å²) in [5.41, 5.74) is 8.63. The highest BCUT2D eigenvalue weighted by Gasteiger charge is 2.06. The minimum absolute atomic E-state index is 0.208. The van der Waals surface area contributed by atoms with Gasteiger partial charge in [-0.2, -0.15) is 0 Å².